The maximum absolute atomic E-state index is 12.8. The third-order valence-corrected chi connectivity index (χ3v) is 7.57. The van der Waals surface area contributed by atoms with Crippen LogP contribution in [0.4, 0.5) is 0 Å². The van der Waals surface area contributed by atoms with Gasteiger partial charge in [0.05, 0.1) is 12.2 Å². The van der Waals surface area contributed by atoms with Gasteiger partial charge < -0.3 is 5.32 Å². The number of piperidine rings is 1. The number of pyridine rings is 1. The molecule has 0 spiro atoms. The average Bonchev–Trinajstić information content (AvgIpc) is 3.17. The lowest BCUT2D eigenvalue weighted by molar-refractivity contribution is -0.122. The molecular formula is C17H21N3O3S2. The van der Waals surface area contributed by atoms with Crippen molar-refractivity contribution in [1.29, 1.82) is 0 Å². The summed E-state index contributed by atoms with van der Waals surface area (Å²) >= 11 is 1.21. The predicted octanol–water partition coefficient (Wildman–Crippen LogP) is 2.39. The van der Waals surface area contributed by atoms with Crippen LogP contribution in [0.2, 0.25) is 0 Å². The number of aromatic nitrogens is 1. The van der Waals surface area contributed by atoms with Gasteiger partial charge in [0.2, 0.25) is 5.91 Å². The van der Waals surface area contributed by atoms with E-state index >= 15 is 0 Å². The van der Waals surface area contributed by atoms with Crippen molar-refractivity contribution in [2.75, 3.05) is 6.54 Å². The standard InChI is InChI=1S/C17H21N3O3S2/c21-16(19-13-14-6-1-3-9-18-14)12-15-7-2-4-10-20(15)25(22,23)17-8-5-11-24-17/h1,3,5-6,8-9,11,15H,2,4,7,10,12-13H2,(H,19,21)/t15-/m1/s1. The van der Waals surface area contributed by atoms with Crippen molar-refractivity contribution in [1.82, 2.24) is 14.6 Å². The Morgan fingerprint density at radius 2 is 2.16 bits per heavy atom. The molecule has 1 fully saturated rings. The maximum atomic E-state index is 12.8. The van der Waals surface area contributed by atoms with Gasteiger partial charge in [-0.15, -0.1) is 11.3 Å². The van der Waals surface area contributed by atoms with Crippen molar-refractivity contribution < 1.29 is 13.2 Å². The minimum Gasteiger partial charge on any atom is -0.350 e. The summed E-state index contributed by atoms with van der Waals surface area (Å²) in [4.78, 5) is 16.5. The van der Waals surface area contributed by atoms with Crippen LogP contribution in [-0.4, -0.2) is 36.2 Å². The van der Waals surface area contributed by atoms with Crippen molar-refractivity contribution in [3.05, 3.63) is 47.6 Å². The molecule has 8 heteroatoms. The second kappa shape index (κ2) is 8.07. The van der Waals surface area contributed by atoms with Gasteiger partial charge in [-0.05, 0) is 36.4 Å². The quantitative estimate of drug-likeness (QED) is 0.836. The van der Waals surface area contributed by atoms with Crippen LogP contribution in [0.3, 0.4) is 0 Å². The van der Waals surface area contributed by atoms with Gasteiger partial charge in [-0.25, -0.2) is 8.42 Å². The molecule has 1 aliphatic rings. The Labute approximate surface area is 151 Å². The molecule has 134 valence electrons. The number of nitrogens with zero attached hydrogens (tertiary/aromatic N) is 2. The first-order valence-corrected chi connectivity index (χ1v) is 10.6. The van der Waals surface area contributed by atoms with Crippen LogP contribution in [0.5, 0.6) is 0 Å². The minimum absolute atomic E-state index is 0.149. The molecule has 0 aromatic carbocycles. The van der Waals surface area contributed by atoms with Gasteiger partial charge in [0.15, 0.2) is 0 Å². The molecular weight excluding hydrogens is 358 g/mol. The molecule has 1 amide bonds. The maximum Gasteiger partial charge on any atom is 0.252 e. The lowest BCUT2D eigenvalue weighted by Crippen LogP contribution is -2.45. The summed E-state index contributed by atoms with van der Waals surface area (Å²) in [6.45, 7) is 0.822. The van der Waals surface area contributed by atoms with Crippen molar-refractivity contribution in [2.24, 2.45) is 0 Å². The number of rotatable bonds is 6. The molecule has 3 heterocycles. The van der Waals surface area contributed by atoms with Gasteiger partial charge in [0.25, 0.3) is 10.0 Å². The summed E-state index contributed by atoms with van der Waals surface area (Å²) in [6.07, 6.45) is 4.34. The highest BCUT2D eigenvalue weighted by Crippen LogP contribution is 2.29. The average molecular weight is 380 g/mol. The summed E-state index contributed by atoms with van der Waals surface area (Å²) in [7, 11) is -3.52. The summed E-state index contributed by atoms with van der Waals surface area (Å²) in [5.74, 6) is -0.149. The Morgan fingerprint density at radius 1 is 1.28 bits per heavy atom. The molecule has 2 aromatic rings. The molecule has 1 atom stereocenters. The Kier molecular flexibility index (Phi) is 5.82. The Morgan fingerprint density at radius 3 is 2.88 bits per heavy atom. The van der Waals surface area contributed by atoms with Gasteiger partial charge >= 0.3 is 0 Å². The fraction of sp³-hybridized carbons (Fsp3) is 0.412. The monoisotopic (exact) mass is 379 g/mol. The fourth-order valence-electron chi connectivity index (χ4n) is 3.00. The number of hydrogen-bond acceptors (Lipinski definition) is 5. The Balaban J connectivity index is 1.64. The van der Waals surface area contributed by atoms with E-state index < -0.39 is 10.0 Å². The van der Waals surface area contributed by atoms with Gasteiger partial charge in [-0.3, -0.25) is 9.78 Å². The van der Waals surface area contributed by atoms with E-state index in [1.165, 1.54) is 15.6 Å². The van der Waals surface area contributed by atoms with Crippen molar-refractivity contribution >= 4 is 27.3 Å². The third-order valence-electron chi connectivity index (χ3n) is 4.25. The number of amides is 1. The Bertz CT molecular complexity index is 792. The number of sulfonamides is 1. The van der Waals surface area contributed by atoms with Crippen LogP contribution in [0.15, 0.2) is 46.1 Å². The Hall–Kier alpha value is -1.77. The van der Waals surface area contributed by atoms with E-state index in [1.54, 1.807) is 23.7 Å². The van der Waals surface area contributed by atoms with Gasteiger partial charge in [0.1, 0.15) is 4.21 Å². The largest absolute Gasteiger partial charge is 0.350 e. The van der Waals surface area contributed by atoms with E-state index in [9.17, 15) is 13.2 Å². The molecule has 1 aliphatic heterocycles. The van der Waals surface area contributed by atoms with E-state index in [0.29, 0.717) is 23.7 Å². The SMILES string of the molecule is O=C(C[C@H]1CCCCN1S(=O)(=O)c1cccs1)NCc1ccccn1. The molecule has 0 bridgehead atoms. The summed E-state index contributed by atoms with van der Waals surface area (Å²) in [5, 5.41) is 4.59. The molecule has 6 nitrogen and oxygen atoms in total. The molecule has 1 N–H and O–H groups in total. The van der Waals surface area contributed by atoms with Crippen LogP contribution >= 0.6 is 11.3 Å². The first-order chi connectivity index (χ1) is 12.1. The topological polar surface area (TPSA) is 79.4 Å². The smallest absolute Gasteiger partial charge is 0.252 e. The summed E-state index contributed by atoms with van der Waals surface area (Å²) in [6, 6.07) is 8.59. The zero-order valence-electron chi connectivity index (χ0n) is 13.8. The number of thiophene rings is 1. The second-order valence-corrected chi connectivity index (χ2v) is 9.06. The lowest BCUT2D eigenvalue weighted by atomic mass is 10.0. The molecule has 0 aliphatic carbocycles. The van der Waals surface area contributed by atoms with Gasteiger partial charge in [-0.1, -0.05) is 18.6 Å². The molecule has 3 rings (SSSR count). The normalized spacial score (nSPS) is 18.8. The number of carbonyl (C=O) groups excluding carboxylic acids is 1. The van der Waals surface area contributed by atoms with Gasteiger partial charge in [0, 0.05) is 25.2 Å². The highest BCUT2D eigenvalue weighted by molar-refractivity contribution is 7.91. The molecule has 0 saturated carbocycles. The molecule has 1 saturated heterocycles. The summed E-state index contributed by atoms with van der Waals surface area (Å²) < 4.78 is 27.5. The second-order valence-electron chi connectivity index (χ2n) is 6.00. The lowest BCUT2D eigenvalue weighted by Gasteiger charge is -2.33. The number of hydrogen-bond donors (Lipinski definition) is 1. The first-order valence-electron chi connectivity index (χ1n) is 8.29. The van der Waals surface area contributed by atoms with Crippen molar-refractivity contribution in [3.8, 4) is 0 Å². The van der Waals surface area contributed by atoms with Crippen LogP contribution in [0.1, 0.15) is 31.4 Å². The van der Waals surface area contributed by atoms with E-state index in [1.807, 2.05) is 18.2 Å². The highest BCUT2D eigenvalue weighted by atomic mass is 32.2. The van der Waals surface area contributed by atoms with Crippen LogP contribution in [-0.2, 0) is 21.4 Å². The van der Waals surface area contributed by atoms with E-state index in [-0.39, 0.29) is 18.4 Å². The zero-order valence-corrected chi connectivity index (χ0v) is 15.4. The number of nitrogens with one attached hydrogen (secondary N) is 1. The van der Waals surface area contributed by atoms with Crippen LogP contribution in [0, 0.1) is 0 Å². The molecule has 25 heavy (non-hydrogen) atoms. The predicted molar refractivity (Wildman–Crippen MR) is 96.6 cm³/mol. The zero-order chi connectivity index (χ0) is 17.7. The van der Waals surface area contributed by atoms with Crippen molar-refractivity contribution in [2.45, 2.75) is 42.5 Å². The van der Waals surface area contributed by atoms with E-state index in [2.05, 4.69) is 10.3 Å². The van der Waals surface area contributed by atoms with Crippen LogP contribution in [0.25, 0.3) is 0 Å². The first kappa shape index (κ1) is 18.0. The van der Waals surface area contributed by atoms with E-state index in [4.69, 9.17) is 0 Å². The third kappa shape index (κ3) is 4.45. The molecule has 0 unspecified atom stereocenters. The van der Waals surface area contributed by atoms with Crippen LogP contribution < -0.4 is 5.32 Å². The number of carbonyl (C=O) groups is 1. The molecule has 2 aromatic heterocycles. The van der Waals surface area contributed by atoms with Crippen molar-refractivity contribution in [3.63, 3.8) is 0 Å². The summed E-state index contributed by atoms with van der Waals surface area (Å²) in [5.41, 5.74) is 0.780. The van der Waals surface area contributed by atoms with E-state index in [0.717, 1.165) is 18.5 Å². The highest BCUT2D eigenvalue weighted by Gasteiger charge is 2.35. The molecule has 0 radical (unpaired) electrons. The van der Waals surface area contributed by atoms with Gasteiger partial charge in [-0.2, -0.15) is 4.31 Å². The minimum atomic E-state index is -3.52. The fourth-order valence-corrected chi connectivity index (χ4v) is 5.81.